The summed E-state index contributed by atoms with van der Waals surface area (Å²) in [4.78, 5) is 15.4. The normalized spacial score (nSPS) is 29.3. The highest BCUT2D eigenvalue weighted by molar-refractivity contribution is 7.89. The molecule has 0 bridgehead atoms. The highest BCUT2D eigenvalue weighted by atomic mass is 32.2. The van der Waals surface area contributed by atoms with Crippen molar-refractivity contribution in [2.24, 2.45) is 11.8 Å². The average molecular weight is 483 g/mol. The predicted molar refractivity (Wildman–Crippen MR) is 131 cm³/mol. The van der Waals surface area contributed by atoms with E-state index in [2.05, 4.69) is 21.8 Å². The molecule has 7 heteroatoms. The zero-order valence-corrected chi connectivity index (χ0v) is 20.6. The second-order valence-corrected chi connectivity index (χ2v) is 11.8. The van der Waals surface area contributed by atoms with Gasteiger partial charge in [-0.2, -0.15) is 0 Å². The lowest BCUT2D eigenvalue weighted by Crippen LogP contribution is -2.60. The zero-order valence-electron chi connectivity index (χ0n) is 19.8. The third kappa shape index (κ3) is 4.24. The van der Waals surface area contributed by atoms with Crippen molar-refractivity contribution in [3.8, 4) is 5.75 Å². The van der Waals surface area contributed by atoms with Crippen LogP contribution in [0.2, 0.25) is 0 Å². The van der Waals surface area contributed by atoms with Crippen LogP contribution in [-0.2, 0) is 21.2 Å². The number of rotatable bonds is 6. The number of amides is 1. The summed E-state index contributed by atoms with van der Waals surface area (Å²) in [7, 11) is -2.11. The molecular formula is C27H34N2O4S. The average Bonchev–Trinajstić information content (AvgIpc) is 3.22. The Morgan fingerprint density at radius 2 is 1.79 bits per heavy atom. The van der Waals surface area contributed by atoms with Gasteiger partial charge in [0, 0.05) is 24.5 Å². The number of methoxy groups -OCH3 is 1. The molecule has 5 rings (SSSR count). The predicted octanol–water partition coefficient (Wildman–Crippen LogP) is 4.16. The highest BCUT2D eigenvalue weighted by Crippen LogP contribution is 2.52. The molecule has 1 N–H and O–H groups in total. The molecule has 182 valence electrons. The Morgan fingerprint density at radius 3 is 2.53 bits per heavy atom. The molecule has 1 amide bonds. The molecule has 1 saturated carbocycles. The lowest BCUT2D eigenvalue weighted by atomic mass is 9.61. The van der Waals surface area contributed by atoms with E-state index in [9.17, 15) is 13.2 Å². The van der Waals surface area contributed by atoms with Crippen molar-refractivity contribution in [2.75, 3.05) is 13.7 Å². The Balaban J connectivity index is 1.48. The third-order valence-electron chi connectivity index (χ3n) is 8.34. The minimum atomic E-state index is -3.68. The molecule has 2 saturated heterocycles. The van der Waals surface area contributed by atoms with Gasteiger partial charge in [0.1, 0.15) is 5.75 Å². The summed E-state index contributed by atoms with van der Waals surface area (Å²) in [6, 6.07) is 16.7. The molecule has 2 aromatic carbocycles. The Morgan fingerprint density at radius 1 is 1.03 bits per heavy atom. The van der Waals surface area contributed by atoms with E-state index in [1.54, 1.807) is 31.4 Å². The molecule has 0 aromatic heterocycles. The van der Waals surface area contributed by atoms with Crippen LogP contribution in [0.4, 0.5) is 0 Å². The smallest absolute Gasteiger partial charge is 0.240 e. The lowest BCUT2D eigenvalue weighted by Gasteiger charge is -2.53. The van der Waals surface area contributed by atoms with Crippen molar-refractivity contribution in [3.05, 3.63) is 60.2 Å². The maximum atomic E-state index is 13.4. The van der Waals surface area contributed by atoms with Crippen LogP contribution in [0.5, 0.6) is 5.75 Å². The zero-order chi connectivity index (χ0) is 23.8. The van der Waals surface area contributed by atoms with Crippen molar-refractivity contribution in [1.82, 2.24) is 9.62 Å². The number of nitrogens with one attached hydrogen (secondary N) is 1. The van der Waals surface area contributed by atoms with Gasteiger partial charge in [-0.05, 0) is 86.6 Å². The fraction of sp³-hybridized carbons (Fsp3) is 0.519. The van der Waals surface area contributed by atoms with Crippen LogP contribution in [-0.4, -0.2) is 44.5 Å². The van der Waals surface area contributed by atoms with Crippen LogP contribution < -0.4 is 9.46 Å². The molecule has 3 aliphatic rings. The van der Waals surface area contributed by atoms with Crippen molar-refractivity contribution >= 4 is 15.9 Å². The summed E-state index contributed by atoms with van der Waals surface area (Å²) in [6.07, 6.45) is 6.96. The highest BCUT2D eigenvalue weighted by Gasteiger charge is 2.56. The maximum Gasteiger partial charge on any atom is 0.240 e. The first kappa shape index (κ1) is 23.4. The molecule has 1 aliphatic carbocycles. The number of benzene rings is 2. The van der Waals surface area contributed by atoms with Gasteiger partial charge in [0.2, 0.25) is 15.9 Å². The van der Waals surface area contributed by atoms with Crippen LogP contribution in [0.1, 0.15) is 50.5 Å². The fourth-order valence-corrected chi connectivity index (χ4v) is 8.16. The van der Waals surface area contributed by atoms with Gasteiger partial charge in [0.25, 0.3) is 0 Å². The van der Waals surface area contributed by atoms with E-state index >= 15 is 0 Å². The standard InChI is InChI=1S/C27H34N2O4S/c1-33-21-11-13-22(14-12-21)34(31,32)28-25-15-17-27-16-6-18-29(27)26(30)10-5-9-24(27)23(25)19-20-7-3-2-4-8-20/h2-4,7-8,11-14,23-25,28H,5-6,9-10,15-19H2,1H3/t23-,24+,25+,27-/m1/s1. The van der Waals surface area contributed by atoms with E-state index in [0.717, 1.165) is 51.5 Å². The number of nitrogens with zero attached hydrogens (tertiary/aromatic N) is 1. The summed E-state index contributed by atoms with van der Waals surface area (Å²) in [6.45, 7) is 0.843. The SMILES string of the molecule is COc1ccc(S(=O)(=O)N[C@H]2CC[C@@]34CCCN3C(=O)CCC[C@H]4[C@H]2Cc2ccccc2)cc1. The summed E-state index contributed by atoms with van der Waals surface area (Å²) in [5, 5.41) is 0. The lowest BCUT2D eigenvalue weighted by molar-refractivity contribution is -0.138. The molecule has 4 atom stereocenters. The molecule has 0 radical (unpaired) electrons. The summed E-state index contributed by atoms with van der Waals surface area (Å²) in [5.41, 5.74) is 1.10. The largest absolute Gasteiger partial charge is 0.497 e. The third-order valence-corrected chi connectivity index (χ3v) is 9.84. The van der Waals surface area contributed by atoms with Crippen LogP contribution in [0, 0.1) is 11.8 Å². The van der Waals surface area contributed by atoms with E-state index in [1.165, 1.54) is 5.56 Å². The second kappa shape index (κ2) is 9.34. The number of carbonyl (C=O) groups excluding carboxylic acids is 1. The Kier molecular flexibility index (Phi) is 6.42. The minimum Gasteiger partial charge on any atom is -0.497 e. The molecule has 1 spiro atoms. The molecule has 2 aromatic rings. The maximum absolute atomic E-state index is 13.4. The van der Waals surface area contributed by atoms with Gasteiger partial charge >= 0.3 is 0 Å². The first-order valence-electron chi connectivity index (χ1n) is 12.4. The van der Waals surface area contributed by atoms with E-state index in [1.807, 2.05) is 18.2 Å². The van der Waals surface area contributed by atoms with Gasteiger partial charge in [-0.1, -0.05) is 30.3 Å². The first-order valence-corrected chi connectivity index (χ1v) is 13.9. The van der Waals surface area contributed by atoms with Crippen LogP contribution >= 0.6 is 0 Å². The Labute approximate surface area is 202 Å². The van der Waals surface area contributed by atoms with Crippen molar-refractivity contribution in [2.45, 2.75) is 67.8 Å². The van der Waals surface area contributed by atoms with Crippen molar-refractivity contribution in [1.29, 1.82) is 0 Å². The van der Waals surface area contributed by atoms with Crippen molar-refractivity contribution in [3.63, 3.8) is 0 Å². The first-order chi connectivity index (χ1) is 16.4. The number of sulfonamides is 1. The number of hydrogen-bond donors (Lipinski definition) is 1. The van der Waals surface area contributed by atoms with E-state index in [4.69, 9.17) is 4.74 Å². The molecule has 0 unspecified atom stereocenters. The van der Waals surface area contributed by atoms with E-state index in [0.29, 0.717) is 18.1 Å². The second-order valence-electron chi connectivity index (χ2n) is 10.0. The summed E-state index contributed by atoms with van der Waals surface area (Å²) >= 11 is 0. The Bertz CT molecular complexity index is 1120. The van der Waals surface area contributed by atoms with E-state index < -0.39 is 10.0 Å². The number of ether oxygens (including phenoxy) is 1. The van der Waals surface area contributed by atoms with Crippen LogP contribution in [0.15, 0.2) is 59.5 Å². The fourth-order valence-electron chi connectivity index (χ4n) is 6.83. The van der Waals surface area contributed by atoms with Crippen molar-refractivity contribution < 1.29 is 17.9 Å². The molecule has 2 heterocycles. The van der Waals surface area contributed by atoms with Gasteiger partial charge in [-0.15, -0.1) is 0 Å². The van der Waals surface area contributed by atoms with Gasteiger partial charge < -0.3 is 9.64 Å². The van der Waals surface area contributed by atoms with Gasteiger partial charge in [-0.25, -0.2) is 13.1 Å². The van der Waals surface area contributed by atoms with Gasteiger partial charge in [-0.3, -0.25) is 4.79 Å². The molecule has 2 aliphatic heterocycles. The molecular weight excluding hydrogens is 448 g/mol. The quantitative estimate of drug-likeness (QED) is 0.671. The minimum absolute atomic E-state index is 0.116. The van der Waals surface area contributed by atoms with Gasteiger partial charge in [0.05, 0.1) is 12.0 Å². The molecule has 34 heavy (non-hydrogen) atoms. The monoisotopic (exact) mass is 482 g/mol. The molecule has 6 nitrogen and oxygen atoms in total. The topological polar surface area (TPSA) is 75.7 Å². The summed E-state index contributed by atoms with van der Waals surface area (Å²) in [5.74, 6) is 1.34. The molecule has 3 fully saturated rings. The van der Waals surface area contributed by atoms with Gasteiger partial charge in [0.15, 0.2) is 0 Å². The van der Waals surface area contributed by atoms with Crippen LogP contribution in [0.3, 0.4) is 0 Å². The summed E-state index contributed by atoms with van der Waals surface area (Å²) < 4.78 is 35.1. The number of hydrogen-bond acceptors (Lipinski definition) is 4. The van der Waals surface area contributed by atoms with Crippen LogP contribution in [0.25, 0.3) is 0 Å². The number of carbonyl (C=O) groups is 1. The Hall–Kier alpha value is -2.38. The van der Waals surface area contributed by atoms with E-state index in [-0.39, 0.29) is 28.3 Å².